The first-order chi connectivity index (χ1) is 16.1. The number of piperidine rings is 1. The predicted octanol–water partition coefficient (Wildman–Crippen LogP) is 5.69. The second kappa shape index (κ2) is 9.32. The molecule has 2 aliphatic rings. The molecule has 0 saturated carbocycles. The molecule has 0 aliphatic carbocycles. The van der Waals surface area contributed by atoms with Gasteiger partial charge in [-0.05, 0) is 79.5 Å². The van der Waals surface area contributed by atoms with E-state index in [9.17, 15) is 13.6 Å². The van der Waals surface area contributed by atoms with Crippen LogP contribution in [0, 0.1) is 11.6 Å². The van der Waals surface area contributed by atoms with Crippen LogP contribution in [0.25, 0.3) is 0 Å². The molecule has 1 fully saturated rings. The number of nitrogens with one attached hydrogen (secondary N) is 1. The third-order valence-corrected chi connectivity index (χ3v) is 6.68. The van der Waals surface area contributed by atoms with E-state index in [0.29, 0.717) is 6.42 Å². The lowest BCUT2D eigenvalue weighted by atomic mass is 9.89. The summed E-state index contributed by atoms with van der Waals surface area (Å²) in [5, 5.41) is 2.93. The molecule has 0 radical (unpaired) electrons. The van der Waals surface area contributed by atoms with Crippen molar-refractivity contribution in [2.75, 3.05) is 29.9 Å². The minimum absolute atomic E-state index is 0.0202. The summed E-state index contributed by atoms with van der Waals surface area (Å²) in [6, 6.07) is 21.2. The quantitative estimate of drug-likeness (QED) is 0.527. The van der Waals surface area contributed by atoms with Crippen molar-refractivity contribution in [1.82, 2.24) is 4.90 Å². The molecule has 2 heterocycles. The Morgan fingerprint density at radius 3 is 2.52 bits per heavy atom. The van der Waals surface area contributed by atoms with Crippen molar-refractivity contribution in [3.05, 3.63) is 90.0 Å². The molecule has 1 N–H and O–H groups in total. The van der Waals surface area contributed by atoms with Gasteiger partial charge in [-0.25, -0.2) is 8.78 Å². The van der Waals surface area contributed by atoms with Crippen molar-refractivity contribution in [3.8, 4) is 0 Å². The fourth-order valence-electron chi connectivity index (χ4n) is 5.19. The van der Waals surface area contributed by atoms with Gasteiger partial charge in [0.2, 0.25) is 5.91 Å². The fourth-order valence-corrected chi connectivity index (χ4v) is 5.19. The minimum atomic E-state index is -0.264. The van der Waals surface area contributed by atoms with Crippen LogP contribution in [0.2, 0.25) is 0 Å². The number of hydrogen-bond donors (Lipinski definition) is 1. The van der Waals surface area contributed by atoms with E-state index < -0.39 is 0 Å². The average Bonchev–Trinajstić information content (AvgIpc) is 3.13. The maximum absolute atomic E-state index is 14.1. The van der Waals surface area contributed by atoms with Crippen molar-refractivity contribution < 1.29 is 13.6 Å². The molecule has 3 aromatic rings. The molecule has 2 atom stereocenters. The predicted molar refractivity (Wildman–Crippen MR) is 127 cm³/mol. The summed E-state index contributed by atoms with van der Waals surface area (Å²) in [5.41, 5.74) is 3.76. The average molecular weight is 448 g/mol. The van der Waals surface area contributed by atoms with E-state index in [-0.39, 0.29) is 29.5 Å². The topological polar surface area (TPSA) is 35.6 Å². The molecule has 33 heavy (non-hydrogen) atoms. The monoisotopic (exact) mass is 447 g/mol. The van der Waals surface area contributed by atoms with Gasteiger partial charge >= 0.3 is 0 Å². The lowest BCUT2D eigenvalue weighted by Crippen LogP contribution is -2.45. The Balaban J connectivity index is 1.24. The summed E-state index contributed by atoms with van der Waals surface area (Å²) in [4.78, 5) is 16.9. The van der Waals surface area contributed by atoms with Gasteiger partial charge in [0.05, 0.1) is 0 Å². The van der Waals surface area contributed by atoms with Crippen LogP contribution in [0.3, 0.4) is 0 Å². The fraction of sp³-hybridized carbons (Fsp3) is 0.296. The molecule has 2 aliphatic heterocycles. The van der Waals surface area contributed by atoms with E-state index in [4.69, 9.17) is 0 Å². The molecule has 170 valence electrons. The van der Waals surface area contributed by atoms with Gasteiger partial charge in [-0.2, -0.15) is 0 Å². The maximum Gasteiger partial charge on any atom is 0.224 e. The number of hydrogen-bond acceptors (Lipinski definition) is 3. The smallest absolute Gasteiger partial charge is 0.224 e. The number of carbonyl (C=O) groups excluding carboxylic acids is 1. The second-order valence-electron chi connectivity index (χ2n) is 8.83. The number of nitrogens with zero attached hydrogens (tertiary/aromatic N) is 2. The van der Waals surface area contributed by atoms with E-state index in [1.165, 1.54) is 18.2 Å². The van der Waals surface area contributed by atoms with Crippen LogP contribution < -0.4 is 10.2 Å². The van der Waals surface area contributed by atoms with Crippen LogP contribution in [0.5, 0.6) is 0 Å². The van der Waals surface area contributed by atoms with E-state index in [1.54, 1.807) is 18.2 Å². The number of fused-ring (bicyclic) bond motifs is 3. The van der Waals surface area contributed by atoms with Crippen LogP contribution in [0.15, 0.2) is 72.8 Å². The lowest BCUT2D eigenvalue weighted by Gasteiger charge is -2.39. The third kappa shape index (κ3) is 4.62. The van der Waals surface area contributed by atoms with E-state index >= 15 is 0 Å². The Morgan fingerprint density at radius 1 is 0.970 bits per heavy atom. The van der Waals surface area contributed by atoms with Gasteiger partial charge in [-0.3, -0.25) is 4.79 Å². The normalized spacial score (nSPS) is 19.8. The molecule has 0 spiro atoms. The summed E-state index contributed by atoms with van der Waals surface area (Å²) >= 11 is 0. The highest BCUT2D eigenvalue weighted by molar-refractivity contribution is 5.90. The summed E-state index contributed by atoms with van der Waals surface area (Å²) in [6.45, 7) is 2.56. The number of anilines is 3. The van der Waals surface area contributed by atoms with Gasteiger partial charge in [0.15, 0.2) is 0 Å². The van der Waals surface area contributed by atoms with Gasteiger partial charge < -0.3 is 15.1 Å². The van der Waals surface area contributed by atoms with E-state index in [1.807, 2.05) is 36.4 Å². The molecule has 1 amide bonds. The van der Waals surface area contributed by atoms with E-state index in [0.717, 1.165) is 55.1 Å². The number of amides is 1. The van der Waals surface area contributed by atoms with Crippen molar-refractivity contribution >= 4 is 23.0 Å². The molecule has 4 nitrogen and oxygen atoms in total. The first-order valence-electron chi connectivity index (χ1n) is 11.5. The summed E-state index contributed by atoms with van der Waals surface area (Å²) < 4.78 is 27.6. The largest absolute Gasteiger partial charge is 0.337 e. The Labute approximate surface area is 192 Å². The molecular weight excluding hydrogens is 420 g/mol. The van der Waals surface area contributed by atoms with Crippen molar-refractivity contribution in [2.24, 2.45) is 0 Å². The van der Waals surface area contributed by atoms with Crippen LogP contribution in [0.1, 0.15) is 30.7 Å². The summed E-state index contributed by atoms with van der Waals surface area (Å²) in [5.74, 6) is -0.303. The van der Waals surface area contributed by atoms with Crippen LogP contribution in [-0.2, 0) is 4.79 Å². The highest BCUT2D eigenvalue weighted by Gasteiger charge is 2.42. The van der Waals surface area contributed by atoms with Crippen LogP contribution >= 0.6 is 0 Å². The molecule has 0 aromatic heterocycles. The van der Waals surface area contributed by atoms with Crippen molar-refractivity contribution in [1.29, 1.82) is 0 Å². The van der Waals surface area contributed by atoms with Gasteiger partial charge in [-0.15, -0.1) is 0 Å². The zero-order chi connectivity index (χ0) is 22.8. The maximum atomic E-state index is 14.1. The molecule has 1 saturated heterocycles. The Hall–Kier alpha value is -3.25. The van der Waals surface area contributed by atoms with Crippen LogP contribution in [0.4, 0.5) is 25.8 Å². The SMILES string of the molecule is O=C(CCCN1CC[C@H]2[C@H](C1)c1cc(F)ccc1N2c1ccc(F)cc1)Nc1ccccc1. The Bertz CT molecular complexity index is 1120. The minimum Gasteiger partial charge on any atom is -0.337 e. The number of likely N-dealkylation sites (tertiary alicyclic amines) is 1. The zero-order valence-corrected chi connectivity index (χ0v) is 18.4. The summed E-state index contributed by atoms with van der Waals surface area (Å²) in [6.07, 6.45) is 2.16. The second-order valence-corrected chi connectivity index (χ2v) is 8.83. The van der Waals surface area contributed by atoms with Gasteiger partial charge in [0.25, 0.3) is 0 Å². The molecule has 6 heteroatoms. The number of benzene rings is 3. The summed E-state index contributed by atoms with van der Waals surface area (Å²) in [7, 11) is 0. The zero-order valence-electron chi connectivity index (χ0n) is 18.4. The molecule has 5 rings (SSSR count). The molecular formula is C27H27F2N3O. The van der Waals surface area contributed by atoms with Crippen molar-refractivity contribution in [2.45, 2.75) is 31.2 Å². The highest BCUT2D eigenvalue weighted by atomic mass is 19.1. The third-order valence-electron chi connectivity index (χ3n) is 6.68. The molecule has 0 unspecified atom stereocenters. The number of carbonyl (C=O) groups is 1. The number of halogens is 2. The van der Waals surface area contributed by atoms with Gasteiger partial charge in [-0.1, -0.05) is 18.2 Å². The standard InChI is InChI=1S/C27H27F2N3O/c28-19-8-11-22(12-9-19)32-25-13-10-20(29)17-23(25)24-18-31(16-14-26(24)32)15-4-7-27(33)30-21-5-2-1-3-6-21/h1-3,5-6,8-13,17,24,26H,4,7,14-16,18H2,(H,30,33)/t24-,26+/m1/s1. The van der Waals surface area contributed by atoms with Gasteiger partial charge in [0, 0.05) is 48.5 Å². The van der Waals surface area contributed by atoms with E-state index in [2.05, 4.69) is 15.1 Å². The number of para-hydroxylation sites is 1. The van der Waals surface area contributed by atoms with Crippen molar-refractivity contribution in [3.63, 3.8) is 0 Å². The number of rotatable bonds is 6. The lowest BCUT2D eigenvalue weighted by molar-refractivity contribution is -0.116. The van der Waals surface area contributed by atoms with Crippen LogP contribution in [-0.4, -0.2) is 36.5 Å². The first-order valence-corrected chi connectivity index (χ1v) is 11.5. The molecule has 3 aromatic carbocycles. The first kappa shape index (κ1) is 21.6. The molecule has 0 bridgehead atoms. The Morgan fingerprint density at radius 2 is 1.73 bits per heavy atom. The highest BCUT2D eigenvalue weighted by Crippen LogP contribution is 2.48. The van der Waals surface area contributed by atoms with Gasteiger partial charge in [0.1, 0.15) is 11.6 Å². The Kier molecular flexibility index (Phi) is 6.09.